The van der Waals surface area contributed by atoms with Crippen molar-refractivity contribution >= 4 is 22.6 Å². The number of H-pyrrole nitrogens is 1. The van der Waals surface area contributed by atoms with Crippen molar-refractivity contribution in [3.05, 3.63) is 39.8 Å². The van der Waals surface area contributed by atoms with Gasteiger partial charge in [0, 0.05) is 15.8 Å². The third kappa shape index (κ3) is 1.36. The van der Waals surface area contributed by atoms with Gasteiger partial charge in [-0.15, -0.1) is 0 Å². The van der Waals surface area contributed by atoms with E-state index < -0.39 is 0 Å². The molecule has 2 rings (SSSR count). The number of fused-ring (bicyclic) bond motifs is 1. The van der Waals surface area contributed by atoms with Gasteiger partial charge in [-0.05, 0) is 12.1 Å². The van der Waals surface area contributed by atoms with Gasteiger partial charge >= 0.3 is 5.56 Å². The second-order valence-electron chi connectivity index (χ2n) is 2.62. The van der Waals surface area contributed by atoms with Gasteiger partial charge in [-0.25, -0.2) is 0 Å². The van der Waals surface area contributed by atoms with Gasteiger partial charge in [-0.3, -0.25) is 10.0 Å². The molecule has 5 heteroatoms. The van der Waals surface area contributed by atoms with Crippen LogP contribution in [0.15, 0.2) is 29.2 Å². The maximum atomic E-state index is 10.9. The number of hydrogen-bond acceptors (Lipinski definition) is 2. The highest BCUT2D eigenvalue weighted by atomic mass is 35.5. The first kappa shape index (κ1) is 8.07. The Morgan fingerprint density at radius 2 is 2.23 bits per heavy atom. The van der Waals surface area contributed by atoms with Crippen LogP contribution in [0.2, 0.25) is 5.02 Å². The van der Waals surface area contributed by atoms with Crippen molar-refractivity contribution in [1.82, 2.24) is 4.98 Å². The fraction of sp³-hybridized carbons (Fsp3) is 0. The monoisotopic (exact) mass is 197 g/mol. The second-order valence-corrected chi connectivity index (χ2v) is 3.06. The summed E-state index contributed by atoms with van der Waals surface area (Å²) in [6, 6.07) is 4.83. The summed E-state index contributed by atoms with van der Waals surface area (Å²) < 4.78 is 0.750. The van der Waals surface area contributed by atoms with Gasteiger partial charge in [0.1, 0.15) is 5.52 Å². The summed E-state index contributed by atoms with van der Waals surface area (Å²) in [5, 5.41) is 9.82. The summed E-state index contributed by atoms with van der Waals surface area (Å²) in [5.74, 6) is 0. The van der Waals surface area contributed by atoms with Crippen LogP contribution in [0.3, 0.4) is 0 Å². The van der Waals surface area contributed by atoms with Crippen LogP contribution in [0.4, 0.5) is 0 Å². The van der Waals surface area contributed by atoms with E-state index in [9.17, 15) is 10.0 Å². The Morgan fingerprint density at radius 1 is 1.46 bits per heavy atom. The predicted octanol–water partition coefficient (Wildman–Crippen LogP) is 0.706. The zero-order chi connectivity index (χ0) is 9.42. The summed E-state index contributed by atoms with van der Waals surface area (Å²) in [6.07, 6.45) is 1.04. The zero-order valence-electron chi connectivity index (χ0n) is 6.49. The summed E-state index contributed by atoms with van der Waals surface area (Å²) in [6.45, 7) is 0. The van der Waals surface area contributed by atoms with Gasteiger partial charge in [0.05, 0.1) is 0 Å². The minimum absolute atomic E-state index is 0.364. The van der Waals surface area contributed by atoms with Crippen molar-refractivity contribution in [3.8, 4) is 0 Å². The Kier molecular flexibility index (Phi) is 1.70. The third-order valence-electron chi connectivity index (χ3n) is 1.70. The van der Waals surface area contributed by atoms with Gasteiger partial charge < -0.3 is 4.98 Å². The zero-order valence-corrected chi connectivity index (χ0v) is 7.25. The molecule has 1 heterocycles. The fourth-order valence-electron chi connectivity index (χ4n) is 1.15. The van der Waals surface area contributed by atoms with Crippen molar-refractivity contribution in [2.75, 3.05) is 0 Å². The van der Waals surface area contributed by atoms with Crippen LogP contribution in [0.5, 0.6) is 0 Å². The maximum absolute atomic E-state index is 10.9. The van der Waals surface area contributed by atoms with E-state index in [1.807, 2.05) is 0 Å². The molecule has 0 spiro atoms. The van der Waals surface area contributed by atoms with E-state index in [4.69, 9.17) is 11.6 Å². The molecule has 1 aromatic heterocycles. The Balaban J connectivity index is 2.95. The van der Waals surface area contributed by atoms with E-state index in [-0.39, 0.29) is 5.56 Å². The molecule has 66 valence electrons. The van der Waals surface area contributed by atoms with E-state index in [2.05, 4.69) is 4.98 Å². The molecular formula is C8H6ClN2O2+. The molecule has 0 aliphatic carbocycles. The first-order chi connectivity index (χ1) is 6.16. The van der Waals surface area contributed by atoms with Gasteiger partial charge in [0.2, 0.25) is 0 Å². The largest absolute Gasteiger partial charge is 0.317 e. The molecule has 2 N–H and O–H groups in total. The molecule has 13 heavy (non-hydrogen) atoms. The third-order valence-corrected chi connectivity index (χ3v) is 1.94. The Hall–Kier alpha value is -1.55. The Bertz CT molecular complexity index is 521. The van der Waals surface area contributed by atoms with Crippen LogP contribution in [0.1, 0.15) is 0 Å². The molecule has 4 nitrogen and oxygen atoms in total. The van der Waals surface area contributed by atoms with E-state index in [0.717, 1.165) is 10.9 Å². The van der Waals surface area contributed by atoms with E-state index in [1.54, 1.807) is 18.2 Å². The van der Waals surface area contributed by atoms with E-state index >= 15 is 0 Å². The molecule has 0 bridgehead atoms. The van der Waals surface area contributed by atoms with Gasteiger partial charge in [-0.2, -0.15) is 0 Å². The molecule has 1 aromatic carbocycles. The summed E-state index contributed by atoms with van der Waals surface area (Å²) in [7, 11) is 0. The second kappa shape index (κ2) is 2.74. The molecule has 0 unspecified atom stereocenters. The standard InChI is InChI=1S/C8H5ClN2O2/c9-5-1-2-6-7(3-5)11(13)4-8(12)10-6/h1-4H,(H-,10,12,13)/p+1. The normalized spacial score (nSPS) is 10.5. The highest BCUT2D eigenvalue weighted by Gasteiger charge is 2.09. The highest BCUT2D eigenvalue weighted by molar-refractivity contribution is 6.31. The summed E-state index contributed by atoms with van der Waals surface area (Å²) in [5.41, 5.74) is 0.642. The number of nitrogens with zero attached hydrogens (tertiary/aromatic N) is 1. The van der Waals surface area contributed by atoms with Crippen LogP contribution in [-0.2, 0) is 0 Å². The van der Waals surface area contributed by atoms with E-state index in [0.29, 0.717) is 16.1 Å². The minimum Gasteiger partial charge on any atom is -0.311 e. The van der Waals surface area contributed by atoms with Gasteiger partial charge in [-0.1, -0.05) is 11.6 Å². The molecule has 0 atom stereocenters. The Morgan fingerprint density at radius 3 is 3.00 bits per heavy atom. The molecule has 0 aliphatic heterocycles. The lowest BCUT2D eigenvalue weighted by Gasteiger charge is -1.93. The molecule has 0 saturated heterocycles. The van der Waals surface area contributed by atoms with Crippen molar-refractivity contribution in [2.45, 2.75) is 0 Å². The van der Waals surface area contributed by atoms with Crippen LogP contribution in [0, 0.1) is 0 Å². The molecule has 0 amide bonds. The molecular weight excluding hydrogens is 192 g/mol. The lowest BCUT2D eigenvalue weighted by molar-refractivity contribution is -0.885. The number of nitrogens with one attached hydrogen (secondary N) is 1. The Labute approximate surface area is 78.0 Å². The van der Waals surface area contributed by atoms with Crippen molar-refractivity contribution in [2.24, 2.45) is 0 Å². The van der Waals surface area contributed by atoms with Crippen LogP contribution in [0.25, 0.3) is 11.0 Å². The van der Waals surface area contributed by atoms with Crippen molar-refractivity contribution < 1.29 is 9.94 Å². The SMILES string of the molecule is O=c1c[n+](O)c2cc(Cl)ccc2[nH]1. The van der Waals surface area contributed by atoms with Gasteiger partial charge in [0.15, 0.2) is 0 Å². The van der Waals surface area contributed by atoms with Crippen molar-refractivity contribution in [1.29, 1.82) is 0 Å². The average Bonchev–Trinajstić information content (AvgIpc) is 2.06. The molecule has 0 saturated carbocycles. The molecule has 0 fully saturated rings. The van der Waals surface area contributed by atoms with Gasteiger partial charge in [0.25, 0.3) is 11.7 Å². The average molecular weight is 198 g/mol. The van der Waals surface area contributed by atoms with E-state index in [1.165, 1.54) is 0 Å². The smallest absolute Gasteiger partial charge is 0.311 e. The molecule has 2 aromatic rings. The first-order valence-corrected chi connectivity index (χ1v) is 3.98. The van der Waals surface area contributed by atoms with Crippen LogP contribution < -0.4 is 10.3 Å². The number of halogens is 1. The minimum atomic E-state index is -0.364. The number of hydrogen-bond donors (Lipinski definition) is 2. The highest BCUT2D eigenvalue weighted by Crippen LogP contribution is 2.12. The molecule has 0 radical (unpaired) electrons. The molecule has 0 aliphatic rings. The first-order valence-electron chi connectivity index (χ1n) is 3.60. The van der Waals surface area contributed by atoms with Crippen molar-refractivity contribution in [3.63, 3.8) is 0 Å². The predicted molar refractivity (Wildman–Crippen MR) is 47.0 cm³/mol. The fourth-order valence-corrected chi connectivity index (χ4v) is 1.31. The number of aromatic amines is 1. The topological polar surface area (TPSA) is 57.0 Å². The van der Waals surface area contributed by atoms with Crippen LogP contribution in [-0.4, -0.2) is 10.2 Å². The summed E-state index contributed by atoms with van der Waals surface area (Å²) in [4.78, 5) is 13.5. The van der Waals surface area contributed by atoms with Crippen LogP contribution >= 0.6 is 11.6 Å². The summed E-state index contributed by atoms with van der Waals surface area (Å²) >= 11 is 5.71. The number of rotatable bonds is 0. The lowest BCUT2D eigenvalue weighted by Crippen LogP contribution is -2.35. The maximum Gasteiger partial charge on any atom is 0.317 e. The quantitative estimate of drug-likeness (QED) is 0.483. The lowest BCUT2D eigenvalue weighted by atomic mass is 10.3. The number of benzene rings is 1. The number of aromatic nitrogens is 2.